The van der Waals surface area contributed by atoms with Crippen molar-refractivity contribution >= 4 is 0 Å². The normalized spacial score (nSPS) is 10.9. The smallest absolute Gasteiger partial charge is 0.196 e. The minimum Gasteiger partial charge on any atom is -0.441 e. The Morgan fingerprint density at radius 1 is 1.26 bits per heavy atom. The van der Waals surface area contributed by atoms with Gasteiger partial charge in [0.15, 0.2) is 23.3 Å². The zero-order valence-electron chi connectivity index (χ0n) is 10.7. The van der Waals surface area contributed by atoms with Crippen LogP contribution in [0.5, 0.6) is 0 Å². The van der Waals surface area contributed by atoms with Gasteiger partial charge >= 0.3 is 0 Å². The number of benzene rings is 1. The second-order valence-corrected chi connectivity index (χ2v) is 4.22. The minimum atomic E-state index is -0.908. The molecule has 1 N–H and O–H groups in total. The van der Waals surface area contributed by atoms with Crippen LogP contribution in [0.3, 0.4) is 0 Å². The van der Waals surface area contributed by atoms with Crippen molar-refractivity contribution in [1.82, 2.24) is 10.3 Å². The van der Waals surface area contributed by atoms with E-state index in [1.165, 1.54) is 18.3 Å². The summed E-state index contributed by atoms with van der Waals surface area (Å²) in [7, 11) is 0. The van der Waals surface area contributed by atoms with Gasteiger partial charge in [-0.05, 0) is 25.1 Å². The van der Waals surface area contributed by atoms with Gasteiger partial charge in [-0.2, -0.15) is 0 Å². The molecule has 1 aromatic heterocycles. The molecule has 19 heavy (non-hydrogen) atoms. The summed E-state index contributed by atoms with van der Waals surface area (Å²) in [6.07, 6.45) is 3.11. The third-order valence-electron chi connectivity index (χ3n) is 2.71. The van der Waals surface area contributed by atoms with Crippen molar-refractivity contribution in [3.63, 3.8) is 0 Å². The molecule has 3 nitrogen and oxygen atoms in total. The Hall–Kier alpha value is -1.75. The summed E-state index contributed by atoms with van der Waals surface area (Å²) in [6, 6.07) is 3.99. The topological polar surface area (TPSA) is 38.1 Å². The molecule has 0 aliphatic heterocycles. The number of aromatic nitrogens is 1. The Labute approximate surface area is 110 Å². The number of halogens is 2. The third kappa shape index (κ3) is 3.38. The van der Waals surface area contributed by atoms with Crippen LogP contribution in [-0.2, 0) is 6.42 Å². The molecule has 1 aromatic carbocycles. The first kappa shape index (κ1) is 13.7. The number of oxazole rings is 1. The van der Waals surface area contributed by atoms with Gasteiger partial charge in [0.05, 0.1) is 11.8 Å². The molecule has 0 aliphatic carbocycles. The third-order valence-corrected chi connectivity index (χ3v) is 2.71. The van der Waals surface area contributed by atoms with Crippen molar-refractivity contribution in [2.45, 2.75) is 19.8 Å². The average molecular weight is 266 g/mol. The molecule has 0 saturated carbocycles. The molecule has 0 spiro atoms. The zero-order valence-corrected chi connectivity index (χ0v) is 10.7. The number of nitrogens with one attached hydrogen (secondary N) is 1. The zero-order chi connectivity index (χ0) is 13.7. The Morgan fingerprint density at radius 2 is 2.11 bits per heavy atom. The van der Waals surface area contributed by atoms with Crippen LogP contribution in [0.4, 0.5) is 8.78 Å². The molecular weight excluding hydrogens is 250 g/mol. The lowest BCUT2D eigenvalue weighted by molar-refractivity contribution is 0.482. The lowest BCUT2D eigenvalue weighted by Crippen LogP contribution is -2.17. The maximum atomic E-state index is 13.6. The first-order valence-corrected chi connectivity index (χ1v) is 6.32. The van der Waals surface area contributed by atoms with Gasteiger partial charge in [0.1, 0.15) is 0 Å². The van der Waals surface area contributed by atoms with E-state index in [0.29, 0.717) is 12.3 Å². The Kier molecular flexibility index (Phi) is 4.63. The van der Waals surface area contributed by atoms with Crippen LogP contribution < -0.4 is 5.32 Å². The van der Waals surface area contributed by atoms with Crippen LogP contribution >= 0.6 is 0 Å². The molecule has 0 radical (unpaired) electrons. The molecule has 0 fully saturated rings. The van der Waals surface area contributed by atoms with E-state index in [2.05, 4.69) is 17.2 Å². The predicted molar refractivity (Wildman–Crippen MR) is 68.7 cm³/mol. The highest BCUT2D eigenvalue weighted by molar-refractivity contribution is 5.57. The van der Waals surface area contributed by atoms with Gasteiger partial charge in [-0.1, -0.05) is 13.0 Å². The summed E-state index contributed by atoms with van der Waals surface area (Å²) in [4.78, 5) is 4.07. The van der Waals surface area contributed by atoms with Gasteiger partial charge in [-0.25, -0.2) is 13.8 Å². The van der Waals surface area contributed by atoms with E-state index >= 15 is 0 Å². The van der Waals surface area contributed by atoms with Gasteiger partial charge in [0.2, 0.25) is 0 Å². The first-order valence-electron chi connectivity index (χ1n) is 6.32. The maximum absolute atomic E-state index is 13.6. The van der Waals surface area contributed by atoms with Crippen LogP contribution in [0.1, 0.15) is 19.2 Å². The van der Waals surface area contributed by atoms with Crippen LogP contribution in [0.15, 0.2) is 28.8 Å². The lowest BCUT2D eigenvalue weighted by Gasteiger charge is -2.00. The van der Waals surface area contributed by atoms with E-state index in [1.54, 1.807) is 0 Å². The summed E-state index contributed by atoms with van der Waals surface area (Å²) in [5.41, 5.74) is 0.0975. The summed E-state index contributed by atoms with van der Waals surface area (Å²) < 4.78 is 32.1. The first-order chi connectivity index (χ1) is 9.22. The number of rotatable bonds is 6. The average Bonchev–Trinajstić information content (AvgIpc) is 2.87. The molecule has 0 unspecified atom stereocenters. The monoisotopic (exact) mass is 266 g/mol. The SMILES string of the molecule is CCCNCCc1ncc(-c2cccc(F)c2F)o1. The fourth-order valence-corrected chi connectivity index (χ4v) is 1.74. The summed E-state index contributed by atoms with van der Waals surface area (Å²) in [5, 5.41) is 3.22. The van der Waals surface area contributed by atoms with E-state index in [0.717, 1.165) is 25.6 Å². The van der Waals surface area contributed by atoms with Crippen molar-refractivity contribution in [2.75, 3.05) is 13.1 Å². The van der Waals surface area contributed by atoms with Gasteiger partial charge in [0.25, 0.3) is 0 Å². The van der Waals surface area contributed by atoms with E-state index < -0.39 is 11.6 Å². The largest absolute Gasteiger partial charge is 0.441 e. The molecule has 0 atom stereocenters. The fourth-order valence-electron chi connectivity index (χ4n) is 1.74. The molecule has 0 aliphatic rings. The van der Waals surface area contributed by atoms with Crippen LogP contribution in [0.25, 0.3) is 11.3 Å². The highest BCUT2D eigenvalue weighted by Gasteiger charge is 2.13. The molecule has 2 rings (SSSR count). The van der Waals surface area contributed by atoms with E-state index in [4.69, 9.17) is 4.42 Å². The van der Waals surface area contributed by atoms with Crippen LogP contribution in [-0.4, -0.2) is 18.1 Å². The molecule has 2 aromatic rings. The van der Waals surface area contributed by atoms with Crippen molar-refractivity contribution < 1.29 is 13.2 Å². The highest BCUT2D eigenvalue weighted by Crippen LogP contribution is 2.25. The molecule has 0 bridgehead atoms. The minimum absolute atomic E-state index is 0.0975. The predicted octanol–water partition coefficient (Wildman–Crippen LogP) is 3.16. The molecule has 0 amide bonds. The van der Waals surface area contributed by atoms with Crippen molar-refractivity contribution in [3.8, 4) is 11.3 Å². The second-order valence-electron chi connectivity index (χ2n) is 4.22. The molecule has 102 valence electrons. The Morgan fingerprint density at radius 3 is 2.89 bits per heavy atom. The highest BCUT2D eigenvalue weighted by atomic mass is 19.2. The maximum Gasteiger partial charge on any atom is 0.196 e. The van der Waals surface area contributed by atoms with E-state index in [1.807, 2.05) is 0 Å². The molecular formula is C14H16F2N2O. The fraction of sp³-hybridized carbons (Fsp3) is 0.357. The molecule has 5 heteroatoms. The summed E-state index contributed by atoms with van der Waals surface area (Å²) >= 11 is 0. The van der Waals surface area contributed by atoms with Crippen molar-refractivity contribution in [2.24, 2.45) is 0 Å². The van der Waals surface area contributed by atoms with Gasteiger partial charge in [-0.3, -0.25) is 0 Å². The number of hydrogen-bond acceptors (Lipinski definition) is 3. The van der Waals surface area contributed by atoms with E-state index in [9.17, 15) is 8.78 Å². The molecule has 0 saturated heterocycles. The number of hydrogen-bond donors (Lipinski definition) is 1. The van der Waals surface area contributed by atoms with E-state index in [-0.39, 0.29) is 11.3 Å². The van der Waals surface area contributed by atoms with Crippen LogP contribution in [0.2, 0.25) is 0 Å². The van der Waals surface area contributed by atoms with Gasteiger partial charge in [-0.15, -0.1) is 0 Å². The van der Waals surface area contributed by atoms with Gasteiger partial charge in [0, 0.05) is 13.0 Å². The van der Waals surface area contributed by atoms with Crippen LogP contribution in [0, 0.1) is 11.6 Å². The molecule has 1 heterocycles. The standard InChI is InChI=1S/C14H16F2N2O/c1-2-7-17-8-6-13-18-9-12(19-13)10-4-3-5-11(15)14(10)16/h3-5,9,17H,2,6-8H2,1H3. The van der Waals surface area contributed by atoms with Gasteiger partial charge < -0.3 is 9.73 Å². The Bertz CT molecular complexity index is 540. The summed E-state index contributed by atoms with van der Waals surface area (Å²) in [5.74, 6) is -1.03. The quantitative estimate of drug-likeness (QED) is 0.816. The Balaban J connectivity index is 2.06. The lowest BCUT2D eigenvalue weighted by atomic mass is 10.2. The number of nitrogens with zero attached hydrogens (tertiary/aromatic N) is 1. The van der Waals surface area contributed by atoms with Crippen molar-refractivity contribution in [1.29, 1.82) is 0 Å². The second kappa shape index (κ2) is 6.43. The summed E-state index contributed by atoms with van der Waals surface area (Å²) in [6.45, 7) is 3.77. The van der Waals surface area contributed by atoms with Crippen molar-refractivity contribution in [3.05, 3.63) is 41.9 Å².